The number of nitrogens with two attached hydrogens (primary N) is 1. The molecule has 0 aliphatic heterocycles. The molecule has 7 heteroatoms. The Kier molecular flexibility index (Phi) is 6.91. The Morgan fingerprint density at radius 1 is 1.04 bits per heavy atom. The number of primary amides is 1. The number of hydrogen-bond acceptors (Lipinski definition) is 4. The molecule has 1 heterocycles. The molecule has 2 aromatic rings. The van der Waals surface area contributed by atoms with Crippen molar-refractivity contribution in [2.24, 2.45) is 5.73 Å². The predicted molar refractivity (Wildman–Crippen MR) is 104 cm³/mol. The molecule has 0 spiro atoms. The molecule has 1 aromatic carbocycles. The number of anilines is 2. The van der Waals surface area contributed by atoms with Crippen molar-refractivity contribution in [2.45, 2.75) is 39.0 Å². The zero-order chi connectivity index (χ0) is 19.1. The highest BCUT2D eigenvalue weighted by molar-refractivity contribution is 7.14. The van der Waals surface area contributed by atoms with E-state index >= 15 is 0 Å². The summed E-state index contributed by atoms with van der Waals surface area (Å²) in [6.45, 7) is 4.29. The number of hydrogen-bond donors (Lipinski definition) is 3. The number of rotatable bonds is 8. The summed E-state index contributed by atoms with van der Waals surface area (Å²) in [7, 11) is 0. The molecule has 0 fully saturated rings. The van der Waals surface area contributed by atoms with Crippen LogP contribution in [0.15, 0.2) is 35.7 Å². The van der Waals surface area contributed by atoms with E-state index in [1.54, 1.807) is 11.4 Å². The highest BCUT2D eigenvalue weighted by Crippen LogP contribution is 2.23. The van der Waals surface area contributed by atoms with Crippen LogP contribution < -0.4 is 16.4 Å². The number of nitrogens with one attached hydrogen (secondary N) is 2. The standard InChI is InChI=1S/C19H23N3O3S/c1-3-12(2)13-4-6-14(7-5-13)21-16(23)8-9-17(24)22-19-15(18(20)25)10-11-26-19/h4-7,10-12H,3,8-9H2,1-2H3,(H2,20,25)(H,21,23)(H,22,24)/t12-/m0/s1. The average Bonchev–Trinajstić information content (AvgIpc) is 3.08. The number of benzene rings is 1. The summed E-state index contributed by atoms with van der Waals surface area (Å²) in [6, 6.07) is 9.28. The molecule has 0 bridgehead atoms. The Bertz CT molecular complexity index is 784. The zero-order valence-electron chi connectivity index (χ0n) is 14.9. The third-order valence-electron chi connectivity index (χ3n) is 4.14. The van der Waals surface area contributed by atoms with Gasteiger partial charge in [0.25, 0.3) is 5.91 Å². The van der Waals surface area contributed by atoms with Gasteiger partial charge in [0, 0.05) is 18.5 Å². The van der Waals surface area contributed by atoms with E-state index in [1.807, 2.05) is 24.3 Å². The second-order valence-electron chi connectivity index (χ2n) is 6.06. The van der Waals surface area contributed by atoms with Crippen LogP contribution >= 0.6 is 11.3 Å². The quantitative estimate of drug-likeness (QED) is 0.657. The fraction of sp³-hybridized carbons (Fsp3) is 0.316. The van der Waals surface area contributed by atoms with Gasteiger partial charge in [-0.25, -0.2) is 0 Å². The molecule has 0 aliphatic rings. The van der Waals surface area contributed by atoms with Gasteiger partial charge < -0.3 is 16.4 Å². The Hall–Kier alpha value is -2.67. The molecule has 0 unspecified atom stereocenters. The Labute approximate surface area is 156 Å². The van der Waals surface area contributed by atoms with Crippen molar-refractivity contribution in [3.05, 3.63) is 46.8 Å². The van der Waals surface area contributed by atoms with Crippen molar-refractivity contribution in [1.29, 1.82) is 0 Å². The first-order chi connectivity index (χ1) is 12.4. The van der Waals surface area contributed by atoms with Gasteiger partial charge in [-0.2, -0.15) is 0 Å². The van der Waals surface area contributed by atoms with Crippen molar-refractivity contribution in [3.8, 4) is 0 Å². The van der Waals surface area contributed by atoms with Crippen LogP contribution in [-0.4, -0.2) is 17.7 Å². The van der Waals surface area contributed by atoms with Crippen LogP contribution in [0.3, 0.4) is 0 Å². The number of thiophene rings is 1. The Morgan fingerprint density at radius 2 is 1.65 bits per heavy atom. The van der Waals surface area contributed by atoms with Crippen LogP contribution in [0.2, 0.25) is 0 Å². The van der Waals surface area contributed by atoms with E-state index in [-0.39, 0.29) is 30.2 Å². The summed E-state index contributed by atoms with van der Waals surface area (Å²) in [4.78, 5) is 35.2. The average molecular weight is 373 g/mol. The lowest BCUT2D eigenvalue weighted by molar-refractivity contribution is -0.121. The van der Waals surface area contributed by atoms with E-state index in [0.29, 0.717) is 16.6 Å². The maximum absolute atomic E-state index is 12.0. The summed E-state index contributed by atoms with van der Waals surface area (Å²) < 4.78 is 0. The summed E-state index contributed by atoms with van der Waals surface area (Å²) in [5.41, 5.74) is 7.44. The van der Waals surface area contributed by atoms with Crippen LogP contribution in [-0.2, 0) is 9.59 Å². The maximum atomic E-state index is 12.0. The van der Waals surface area contributed by atoms with Crippen LogP contribution in [0.4, 0.5) is 10.7 Å². The van der Waals surface area contributed by atoms with Gasteiger partial charge in [-0.15, -0.1) is 11.3 Å². The zero-order valence-corrected chi connectivity index (χ0v) is 15.7. The minimum absolute atomic E-state index is 0.0207. The first kappa shape index (κ1) is 19.7. The summed E-state index contributed by atoms with van der Waals surface area (Å²) in [5.74, 6) is -0.693. The smallest absolute Gasteiger partial charge is 0.251 e. The van der Waals surface area contributed by atoms with Crippen LogP contribution in [0.25, 0.3) is 0 Å². The minimum Gasteiger partial charge on any atom is -0.366 e. The summed E-state index contributed by atoms with van der Waals surface area (Å²) in [5, 5.41) is 7.47. The first-order valence-electron chi connectivity index (χ1n) is 8.47. The SMILES string of the molecule is CC[C@H](C)c1ccc(NC(=O)CCC(=O)Nc2sccc2C(N)=O)cc1. The lowest BCUT2D eigenvalue weighted by Gasteiger charge is -2.10. The molecule has 138 valence electrons. The van der Waals surface area contributed by atoms with Gasteiger partial charge in [-0.3, -0.25) is 14.4 Å². The normalized spacial score (nSPS) is 11.6. The lowest BCUT2D eigenvalue weighted by Crippen LogP contribution is -2.19. The van der Waals surface area contributed by atoms with Gasteiger partial charge in [0.15, 0.2) is 0 Å². The van der Waals surface area contributed by atoms with Crippen molar-refractivity contribution in [2.75, 3.05) is 10.6 Å². The second-order valence-corrected chi connectivity index (χ2v) is 6.97. The second kappa shape index (κ2) is 9.15. The molecule has 2 rings (SSSR count). The monoisotopic (exact) mass is 373 g/mol. The molecule has 1 aromatic heterocycles. The van der Waals surface area contributed by atoms with Crippen LogP contribution in [0, 0.1) is 0 Å². The predicted octanol–water partition coefficient (Wildman–Crippen LogP) is 3.72. The summed E-state index contributed by atoms with van der Waals surface area (Å²) in [6.07, 6.45) is 1.13. The number of amides is 3. The summed E-state index contributed by atoms with van der Waals surface area (Å²) >= 11 is 1.22. The van der Waals surface area contributed by atoms with Crippen molar-refractivity contribution in [1.82, 2.24) is 0 Å². The van der Waals surface area contributed by atoms with Gasteiger partial charge in [0.1, 0.15) is 5.00 Å². The van der Waals surface area contributed by atoms with E-state index < -0.39 is 5.91 Å². The fourth-order valence-corrected chi connectivity index (χ4v) is 3.18. The highest BCUT2D eigenvalue weighted by Gasteiger charge is 2.13. The van der Waals surface area contributed by atoms with Crippen LogP contribution in [0.1, 0.15) is 54.9 Å². The number of carbonyl (C=O) groups excluding carboxylic acids is 3. The minimum atomic E-state index is -0.597. The molecule has 0 saturated heterocycles. The Morgan fingerprint density at radius 3 is 2.23 bits per heavy atom. The topological polar surface area (TPSA) is 101 Å². The van der Waals surface area contributed by atoms with Gasteiger partial charge in [0.05, 0.1) is 5.56 Å². The molecule has 26 heavy (non-hydrogen) atoms. The third-order valence-corrected chi connectivity index (χ3v) is 4.97. The van der Waals surface area contributed by atoms with Gasteiger partial charge in [-0.05, 0) is 41.5 Å². The fourth-order valence-electron chi connectivity index (χ4n) is 2.37. The van der Waals surface area contributed by atoms with E-state index in [9.17, 15) is 14.4 Å². The van der Waals surface area contributed by atoms with Crippen LogP contribution in [0.5, 0.6) is 0 Å². The van der Waals surface area contributed by atoms with Gasteiger partial charge in [-0.1, -0.05) is 26.0 Å². The maximum Gasteiger partial charge on any atom is 0.251 e. The molecule has 6 nitrogen and oxygen atoms in total. The van der Waals surface area contributed by atoms with Crippen molar-refractivity contribution >= 4 is 39.7 Å². The van der Waals surface area contributed by atoms with Gasteiger partial charge in [0.2, 0.25) is 11.8 Å². The van der Waals surface area contributed by atoms with E-state index in [2.05, 4.69) is 24.5 Å². The largest absolute Gasteiger partial charge is 0.366 e. The lowest BCUT2D eigenvalue weighted by atomic mass is 9.99. The molecule has 1 atom stereocenters. The molecule has 0 radical (unpaired) electrons. The van der Waals surface area contributed by atoms with E-state index in [1.165, 1.54) is 16.9 Å². The molecule has 0 saturated carbocycles. The molecule has 3 amide bonds. The molecule has 4 N–H and O–H groups in total. The third kappa shape index (κ3) is 5.42. The van der Waals surface area contributed by atoms with E-state index in [0.717, 1.165) is 6.42 Å². The Balaban J connectivity index is 1.82. The molecular formula is C19H23N3O3S. The van der Waals surface area contributed by atoms with Crippen molar-refractivity contribution < 1.29 is 14.4 Å². The van der Waals surface area contributed by atoms with Crippen molar-refractivity contribution in [3.63, 3.8) is 0 Å². The van der Waals surface area contributed by atoms with Gasteiger partial charge >= 0.3 is 0 Å². The first-order valence-corrected chi connectivity index (χ1v) is 9.35. The highest BCUT2D eigenvalue weighted by atomic mass is 32.1. The molecular weight excluding hydrogens is 350 g/mol. The molecule has 0 aliphatic carbocycles. The van der Waals surface area contributed by atoms with E-state index in [4.69, 9.17) is 5.73 Å². The number of carbonyl (C=O) groups is 3.